The van der Waals surface area contributed by atoms with Crippen LogP contribution < -0.4 is 22.1 Å². The summed E-state index contributed by atoms with van der Waals surface area (Å²) < 4.78 is 0. The molecule has 1 aromatic rings. The number of hydrogen-bond acceptors (Lipinski definition) is 6. The van der Waals surface area contributed by atoms with E-state index in [1.54, 1.807) is 17.0 Å². The summed E-state index contributed by atoms with van der Waals surface area (Å²) in [5.74, 6) is 0.328. The van der Waals surface area contributed by atoms with Gasteiger partial charge in [-0.1, -0.05) is 31.0 Å². The minimum absolute atomic E-state index is 0.0129. The predicted molar refractivity (Wildman–Crippen MR) is 133 cm³/mol. The topological polar surface area (TPSA) is 163 Å². The molecule has 0 spiro atoms. The molecule has 2 aliphatic heterocycles. The molecule has 0 aliphatic carbocycles. The fourth-order valence-electron chi connectivity index (χ4n) is 3.61. The summed E-state index contributed by atoms with van der Waals surface area (Å²) in [6, 6.07) is 6.54. The first-order valence-electron chi connectivity index (χ1n) is 11.9. The summed E-state index contributed by atoms with van der Waals surface area (Å²) in [6.45, 7) is 6.26. The van der Waals surface area contributed by atoms with Crippen molar-refractivity contribution in [2.75, 3.05) is 26.2 Å². The molecule has 34 heavy (non-hydrogen) atoms. The minimum atomic E-state index is -0.406. The molecular weight excluding hydrogens is 436 g/mol. The predicted octanol–water partition coefficient (Wildman–Crippen LogP) is 0.805. The molecule has 190 valence electrons. The molecule has 3 rings (SSSR count). The van der Waals surface area contributed by atoms with E-state index in [0.29, 0.717) is 25.0 Å². The third-order valence-corrected chi connectivity index (χ3v) is 5.36. The lowest BCUT2D eigenvalue weighted by Crippen LogP contribution is -2.53. The van der Waals surface area contributed by atoms with Crippen molar-refractivity contribution in [1.29, 1.82) is 0 Å². The molecule has 7 N–H and O–H groups in total. The Bertz CT molecular complexity index is 753. The van der Waals surface area contributed by atoms with Gasteiger partial charge in [0, 0.05) is 13.1 Å². The normalized spacial score (nSPS) is 18.9. The molecule has 2 heterocycles. The number of aldehydes is 1. The van der Waals surface area contributed by atoms with Crippen LogP contribution in [0.3, 0.4) is 0 Å². The van der Waals surface area contributed by atoms with Gasteiger partial charge in [0.1, 0.15) is 18.1 Å². The monoisotopic (exact) mass is 476 g/mol. The number of nitrogens with one attached hydrogen (secondary N) is 2. The highest BCUT2D eigenvalue weighted by Crippen LogP contribution is 2.20. The zero-order valence-corrected chi connectivity index (χ0v) is 20.3. The van der Waals surface area contributed by atoms with Crippen LogP contribution in [0.5, 0.6) is 5.75 Å². The average molecular weight is 477 g/mol. The Morgan fingerprint density at radius 2 is 1.91 bits per heavy atom. The van der Waals surface area contributed by atoms with Crippen LogP contribution in [0.1, 0.15) is 51.0 Å². The maximum absolute atomic E-state index is 12.4. The van der Waals surface area contributed by atoms with Gasteiger partial charge < -0.3 is 36.9 Å². The number of amides is 2. The second-order valence-electron chi connectivity index (χ2n) is 8.25. The first-order chi connectivity index (χ1) is 16.3. The molecule has 2 aliphatic rings. The molecule has 2 amide bonds. The standard InChI is InChI=1S/C13H21N3O3.C7H8O.C4H11N3/c17-9-7-15-12(18)11-5-3-8-16(11)13(19)10-4-1-2-6-14-10;1-6-2-4-7(8)5-3-6;1-2-3-7-4(5)6/h9-11,14H,1-8H2,(H,15,18);2-5,8H,1H3;2-3H2,1H3,(H4,5,6,7)/t10?,11-;;/m0../s1. The molecule has 0 radical (unpaired) electrons. The molecular formula is C24H40N6O4. The van der Waals surface area contributed by atoms with Gasteiger partial charge in [-0.3, -0.25) is 14.6 Å². The van der Waals surface area contributed by atoms with Gasteiger partial charge in [0.05, 0.1) is 12.6 Å². The van der Waals surface area contributed by atoms with E-state index in [0.717, 1.165) is 45.2 Å². The number of carbonyl (C=O) groups is 3. The van der Waals surface area contributed by atoms with Crippen molar-refractivity contribution in [1.82, 2.24) is 15.5 Å². The van der Waals surface area contributed by atoms with Crippen LogP contribution >= 0.6 is 0 Å². The Labute approximate surface area is 202 Å². The number of hydrogen-bond donors (Lipinski definition) is 5. The van der Waals surface area contributed by atoms with Crippen molar-refractivity contribution < 1.29 is 19.5 Å². The van der Waals surface area contributed by atoms with Gasteiger partial charge in [-0.25, -0.2) is 0 Å². The molecule has 2 fully saturated rings. The lowest BCUT2D eigenvalue weighted by molar-refractivity contribution is -0.140. The molecule has 1 aromatic carbocycles. The van der Waals surface area contributed by atoms with E-state index in [1.807, 2.05) is 26.0 Å². The summed E-state index contributed by atoms with van der Waals surface area (Å²) >= 11 is 0. The van der Waals surface area contributed by atoms with Gasteiger partial charge in [-0.05, 0) is 57.7 Å². The van der Waals surface area contributed by atoms with Crippen molar-refractivity contribution in [2.45, 2.75) is 64.5 Å². The number of likely N-dealkylation sites (tertiary alicyclic amines) is 1. The van der Waals surface area contributed by atoms with Gasteiger partial charge in [0.25, 0.3) is 0 Å². The highest BCUT2D eigenvalue weighted by atomic mass is 16.3. The van der Waals surface area contributed by atoms with Crippen LogP contribution in [0.4, 0.5) is 0 Å². The van der Waals surface area contributed by atoms with Crippen LogP contribution in [-0.2, 0) is 14.4 Å². The number of rotatable bonds is 6. The number of nitrogens with zero attached hydrogens (tertiary/aromatic N) is 2. The Hall–Kier alpha value is -3.14. The Balaban J connectivity index is 0.000000317. The quantitative estimate of drug-likeness (QED) is 0.230. The number of benzene rings is 1. The first-order valence-corrected chi connectivity index (χ1v) is 11.9. The highest BCUT2D eigenvalue weighted by Gasteiger charge is 2.37. The lowest BCUT2D eigenvalue weighted by atomic mass is 10.0. The fraction of sp³-hybridized carbons (Fsp3) is 0.583. The van der Waals surface area contributed by atoms with E-state index in [4.69, 9.17) is 16.6 Å². The van der Waals surface area contributed by atoms with Crippen molar-refractivity contribution in [3.63, 3.8) is 0 Å². The molecule has 0 saturated carbocycles. The molecule has 2 saturated heterocycles. The number of piperidine rings is 1. The molecule has 2 atom stereocenters. The van der Waals surface area contributed by atoms with E-state index in [1.165, 1.54) is 5.56 Å². The summed E-state index contributed by atoms with van der Waals surface area (Å²) in [5.41, 5.74) is 11.2. The van der Waals surface area contributed by atoms with Crippen LogP contribution in [0.25, 0.3) is 0 Å². The number of phenolic OH excluding ortho intramolecular Hbond substituents is 1. The van der Waals surface area contributed by atoms with Gasteiger partial charge in [-0.15, -0.1) is 0 Å². The van der Waals surface area contributed by atoms with E-state index in [9.17, 15) is 14.4 Å². The summed E-state index contributed by atoms with van der Waals surface area (Å²) in [7, 11) is 0. The SMILES string of the molecule is CCCN=C(N)N.Cc1ccc(O)cc1.O=CCNC(=O)[C@@H]1CCCN1C(=O)C1CCCCN1. The molecule has 0 aromatic heterocycles. The first kappa shape index (κ1) is 28.9. The van der Waals surface area contributed by atoms with E-state index >= 15 is 0 Å². The molecule has 10 nitrogen and oxygen atoms in total. The van der Waals surface area contributed by atoms with Crippen molar-refractivity contribution in [2.24, 2.45) is 16.5 Å². The fourth-order valence-corrected chi connectivity index (χ4v) is 3.61. The lowest BCUT2D eigenvalue weighted by Gasteiger charge is -2.30. The number of aromatic hydroxyl groups is 1. The number of aliphatic imine (C=N–C) groups is 1. The number of nitrogens with two attached hydrogens (primary N) is 2. The highest BCUT2D eigenvalue weighted by molar-refractivity contribution is 5.91. The second kappa shape index (κ2) is 16.5. The largest absolute Gasteiger partial charge is 0.508 e. The van der Waals surface area contributed by atoms with Crippen LogP contribution in [0, 0.1) is 6.92 Å². The van der Waals surface area contributed by atoms with Crippen molar-refractivity contribution >= 4 is 24.1 Å². The Kier molecular flexibility index (Phi) is 14.0. The Morgan fingerprint density at radius 3 is 2.41 bits per heavy atom. The summed E-state index contributed by atoms with van der Waals surface area (Å²) in [4.78, 5) is 40.0. The summed E-state index contributed by atoms with van der Waals surface area (Å²) in [5, 5.41) is 14.5. The zero-order valence-electron chi connectivity index (χ0n) is 20.3. The van der Waals surface area contributed by atoms with Gasteiger partial charge in [-0.2, -0.15) is 0 Å². The minimum Gasteiger partial charge on any atom is -0.508 e. The number of phenols is 1. The van der Waals surface area contributed by atoms with E-state index in [2.05, 4.69) is 15.6 Å². The smallest absolute Gasteiger partial charge is 0.243 e. The molecule has 1 unspecified atom stereocenters. The van der Waals surface area contributed by atoms with E-state index < -0.39 is 6.04 Å². The average Bonchev–Trinajstić information content (AvgIpc) is 3.34. The van der Waals surface area contributed by atoms with Crippen molar-refractivity contribution in [3.8, 4) is 5.75 Å². The second-order valence-corrected chi connectivity index (χ2v) is 8.25. The molecule has 10 heteroatoms. The van der Waals surface area contributed by atoms with Crippen LogP contribution in [-0.4, -0.2) is 72.3 Å². The number of carbonyl (C=O) groups excluding carboxylic acids is 3. The third kappa shape index (κ3) is 11.1. The number of aryl methyl sites for hydroxylation is 1. The maximum atomic E-state index is 12.4. The Morgan fingerprint density at radius 1 is 1.21 bits per heavy atom. The van der Waals surface area contributed by atoms with Gasteiger partial charge >= 0.3 is 0 Å². The van der Waals surface area contributed by atoms with Crippen LogP contribution in [0.15, 0.2) is 29.3 Å². The van der Waals surface area contributed by atoms with E-state index in [-0.39, 0.29) is 30.4 Å². The van der Waals surface area contributed by atoms with Crippen LogP contribution in [0.2, 0.25) is 0 Å². The zero-order chi connectivity index (χ0) is 25.3. The molecule has 0 bridgehead atoms. The summed E-state index contributed by atoms with van der Waals surface area (Å²) in [6.07, 6.45) is 6.19. The van der Waals surface area contributed by atoms with Crippen molar-refractivity contribution in [3.05, 3.63) is 29.8 Å². The maximum Gasteiger partial charge on any atom is 0.243 e. The number of guanidine groups is 1. The van der Waals surface area contributed by atoms with Gasteiger partial charge in [0.15, 0.2) is 5.96 Å². The van der Waals surface area contributed by atoms with Gasteiger partial charge in [0.2, 0.25) is 11.8 Å². The third-order valence-electron chi connectivity index (χ3n) is 5.36.